The van der Waals surface area contributed by atoms with Gasteiger partial charge in [-0.15, -0.1) is 0 Å². The number of hydrogen-bond donors (Lipinski definition) is 2. The highest BCUT2D eigenvalue weighted by atomic mass is 16.1. The number of nitrogen functional groups attached to an aromatic ring is 1. The van der Waals surface area contributed by atoms with Gasteiger partial charge in [-0.3, -0.25) is 4.79 Å². The maximum atomic E-state index is 12.1. The number of nitrogens with one attached hydrogen (secondary N) is 1. The quantitative estimate of drug-likeness (QED) is 0.817. The van der Waals surface area contributed by atoms with Crippen molar-refractivity contribution in [3.63, 3.8) is 0 Å². The number of para-hydroxylation sites is 1. The van der Waals surface area contributed by atoms with Crippen LogP contribution in [0.5, 0.6) is 0 Å². The third-order valence-corrected chi connectivity index (χ3v) is 2.84. The molecule has 0 unspecified atom stereocenters. The summed E-state index contributed by atoms with van der Waals surface area (Å²) in [5, 5.41) is 10.7. The second-order valence-corrected chi connectivity index (χ2v) is 4.37. The van der Waals surface area contributed by atoms with Gasteiger partial charge >= 0.3 is 0 Å². The monoisotopic (exact) mass is 256 g/mol. The molecule has 0 aliphatic rings. The minimum Gasteiger partial charge on any atom is -0.398 e. The van der Waals surface area contributed by atoms with E-state index in [-0.39, 0.29) is 5.91 Å². The van der Waals surface area contributed by atoms with Gasteiger partial charge in [0.15, 0.2) is 0 Å². The highest BCUT2D eigenvalue weighted by molar-refractivity contribution is 5.95. The van der Waals surface area contributed by atoms with E-state index < -0.39 is 0 Å². The third-order valence-electron chi connectivity index (χ3n) is 2.84. The first-order valence-corrected chi connectivity index (χ1v) is 6.00. The zero-order valence-electron chi connectivity index (χ0n) is 11.0. The zero-order chi connectivity index (χ0) is 13.8. The first kappa shape index (κ1) is 13.0. The lowest BCUT2D eigenvalue weighted by Gasteiger charge is -2.09. The van der Waals surface area contributed by atoms with Crippen LogP contribution in [0.3, 0.4) is 0 Å². The Morgan fingerprint density at radius 1 is 1.26 bits per heavy atom. The fourth-order valence-corrected chi connectivity index (χ4v) is 1.75. The van der Waals surface area contributed by atoms with Crippen LogP contribution >= 0.6 is 0 Å². The number of hydrogen-bond acceptors (Lipinski definition) is 4. The van der Waals surface area contributed by atoms with Crippen LogP contribution in [0.2, 0.25) is 0 Å². The summed E-state index contributed by atoms with van der Waals surface area (Å²) in [5.41, 5.74) is 9.27. The summed E-state index contributed by atoms with van der Waals surface area (Å²) >= 11 is 0. The van der Waals surface area contributed by atoms with E-state index in [9.17, 15) is 4.79 Å². The van der Waals surface area contributed by atoms with E-state index in [2.05, 4.69) is 15.5 Å². The van der Waals surface area contributed by atoms with Crippen molar-refractivity contribution in [1.82, 2.24) is 15.5 Å². The third kappa shape index (κ3) is 3.07. The van der Waals surface area contributed by atoms with Crippen LogP contribution in [0.25, 0.3) is 0 Å². The molecular formula is C14H16N4O. The van der Waals surface area contributed by atoms with Crippen molar-refractivity contribution in [2.75, 3.05) is 5.73 Å². The van der Waals surface area contributed by atoms with E-state index in [1.807, 2.05) is 24.3 Å². The molecular weight excluding hydrogens is 240 g/mol. The zero-order valence-corrected chi connectivity index (χ0v) is 11.0. The Balaban J connectivity index is 2.10. The van der Waals surface area contributed by atoms with Gasteiger partial charge in [0.05, 0.1) is 17.0 Å². The molecule has 0 aliphatic carbocycles. The average molecular weight is 256 g/mol. The number of nitrogens with two attached hydrogens (primary N) is 1. The molecule has 1 amide bonds. The molecule has 1 aromatic heterocycles. The van der Waals surface area contributed by atoms with E-state index in [4.69, 9.17) is 5.73 Å². The lowest BCUT2D eigenvalue weighted by atomic mass is 10.1. The molecule has 5 heteroatoms. The minimum absolute atomic E-state index is 0.168. The molecule has 0 bridgehead atoms. The van der Waals surface area contributed by atoms with Crippen molar-refractivity contribution in [1.29, 1.82) is 0 Å². The molecule has 0 fully saturated rings. The number of benzene rings is 1. The number of anilines is 1. The Morgan fingerprint density at radius 3 is 2.74 bits per heavy atom. The molecule has 0 saturated carbocycles. The Labute approximate surface area is 111 Å². The van der Waals surface area contributed by atoms with Crippen LogP contribution < -0.4 is 11.1 Å². The normalized spacial score (nSPS) is 10.2. The summed E-state index contributed by atoms with van der Waals surface area (Å²) in [6, 6.07) is 9.18. The summed E-state index contributed by atoms with van der Waals surface area (Å²) in [5.74, 6) is -0.168. The number of amides is 1. The number of aromatic nitrogens is 2. The highest BCUT2D eigenvalue weighted by Gasteiger charge is 2.11. The fourth-order valence-electron chi connectivity index (χ4n) is 1.75. The molecule has 98 valence electrons. The van der Waals surface area contributed by atoms with Crippen molar-refractivity contribution in [3.05, 3.63) is 52.8 Å². The first-order valence-electron chi connectivity index (χ1n) is 6.00. The fraction of sp³-hybridized carbons (Fsp3) is 0.214. The number of carbonyl (C=O) groups is 1. The Hall–Kier alpha value is -2.43. The van der Waals surface area contributed by atoms with Crippen molar-refractivity contribution in [2.45, 2.75) is 20.4 Å². The van der Waals surface area contributed by atoms with Crippen molar-refractivity contribution in [2.24, 2.45) is 0 Å². The van der Waals surface area contributed by atoms with Crippen LogP contribution in [-0.2, 0) is 6.54 Å². The average Bonchev–Trinajstić information content (AvgIpc) is 2.40. The molecule has 0 spiro atoms. The van der Waals surface area contributed by atoms with Crippen LogP contribution in [0.1, 0.15) is 27.3 Å². The summed E-state index contributed by atoms with van der Waals surface area (Å²) in [6.45, 7) is 3.96. The van der Waals surface area contributed by atoms with Crippen LogP contribution in [-0.4, -0.2) is 16.1 Å². The van der Waals surface area contributed by atoms with Gasteiger partial charge in [-0.05, 0) is 31.5 Å². The molecule has 2 aromatic rings. The predicted molar refractivity (Wildman–Crippen MR) is 73.5 cm³/mol. The minimum atomic E-state index is -0.168. The summed E-state index contributed by atoms with van der Waals surface area (Å²) in [7, 11) is 0. The van der Waals surface area contributed by atoms with Gasteiger partial charge in [0, 0.05) is 12.2 Å². The second kappa shape index (κ2) is 5.48. The SMILES string of the molecule is Cc1cc(C(=O)NCc2ccccc2N)c(C)nn1. The van der Waals surface area contributed by atoms with Crippen molar-refractivity contribution in [3.8, 4) is 0 Å². The van der Waals surface area contributed by atoms with E-state index >= 15 is 0 Å². The van der Waals surface area contributed by atoms with E-state index in [1.165, 1.54) is 0 Å². The number of aryl methyl sites for hydroxylation is 2. The van der Waals surface area contributed by atoms with Crippen molar-refractivity contribution < 1.29 is 4.79 Å². The Morgan fingerprint density at radius 2 is 2.00 bits per heavy atom. The Bertz CT molecular complexity index is 610. The highest BCUT2D eigenvalue weighted by Crippen LogP contribution is 2.11. The lowest BCUT2D eigenvalue weighted by Crippen LogP contribution is -2.24. The van der Waals surface area contributed by atoms with Gasteiger partial charge in [-0.1, -0.05) is 18.2 Å². The molecule has 0 radical (unpaired) electrons. The van der Waals surface area contributed by atoms with Gasteiger partial charge in [-0.2, -0.15) is 10.2 Å². The van der Waals surface area contributed by atoms with Crippen LogP contribution in [0.4, 0.5) is 5.69 Å². The summed E-state index contributed by atoms with van der Waals surface area (Å²) < 4.78 is 0. The Kier molecular flexibility index (Phi) is 3.75. The molecule has 2 rings (SSSR count). The smallest absolute Gasteiger partial charge is 0.253 e. The van der Waals surface area contributed by atoms with Crippen LogP contribution in [0.15, 0.2) is 30.3 Å². The molecule has 1 heterocycles. The van der Waals surface area contributed by atoms with E-state index in [1.54, 1.807) is 19.9 Å². The van der Waals surface area contributed by atoms with Gasteiger partial charge < -0.3 is 11.1 Å². The maximum absolute atomic E-state index is 12.1. The summed E-state index contributed by atoms with van der Waals surface area (Å²) in [6.07, 6.45) is 0. The maximum Gasteiger partial charge on any atom is 0.253 e. The molecule has 19 heavy (non-hydrogen) atoms. The molecule has 5 nitrogen and oxygen atoms in total. The predicted octanol–water partition coefficient (Wildman–Crippen LogP) is 1.61. The molecule has 3 N–H and O–H groups in total. The second-order valence-electron chi connectivity index (χ2n) is 4.37. The van der Waals surface area contributed by atoms with Crippen LogP contribution in [0, 0.1) is 13.8 Å². The molecule has 0 saturated heterocycles. The number of nitrogens with zero attached hydrogens (tertiary/aromatic N) is 2. The van der Waals surface area contributed by atoms with E-state index in [0.717, 1.165) is 11.3 Å². The van der Waals surface area contributed by atoms with Gasteiger partial charge in [0.2, 0.25) is 0 Å². The molecule has 0 aliphatic heterocycles. The summed E-state index contributed by atoms with van der Waals surface area (Å²) in [4.78, 5) is 12.1. The topological polar surface area (TPSA) is 80.9 Å². The van der Waals surface area contributed by atoms with Gasteiger partial charge in [-0.25, -0.2) is 0 Å². The van der Waals surface area contributed by atoms with Crippen molar-refractivity contribution >= 4 is 11.6 Å². The molecule has 1 aromatic carbocycles. The van der Waals surface area contributed by atoms with Gasteiger partial charge in [0.1, 0.15) is 0 Å². The number of rotatable bonds is 3. The van der Waals surface area contributed by atoms with E-state index in [0.29, 0.717) is 23.5 Å². The lowest BCUT2D eigenvalue weighted by molar-refractivity contribution is 0.0949. The number of carbonyl (C=O) groups excluding carboxylic acids is 1. The van der Waals surface area contributed by atoms with Gasteiger partial charge in [0.25, 0.3) is 5.91 Å². The standard InChI is InChI=1S/C14H16N4O/c1-9-7-12(10(2)18-17-9)14(19)16-8-11-5-3-4-6-13(11)15/h3-7H,8,15H2,1-2H3,(H,16,19). The molecule has 0 atom stereocenters. The first-order chi connectivity index (χ1) is 9.08. The largest absolute Gasteiger partial charge is 0.398 e.